The Balaban J connectivity index is 1.68. The molecule has 0 saturated carbocycles. The van der Waals surface area contributed by atoms with Crippen molar-refractivity contribution in [3.8, 4) is 0 Å². The largest absolute Gasteiger partial charge is 0.331 e. The van der Waals surface area contributed by atoms with Gasteiger partial charge in [-0.25, -0.2) is 13.9 Å². The van der Waals surface area contributed by atoms with Crippen LogP contribution in [0.2, 0.25) is 0 Å². The van der Waals surface area contributed by atoms with Gasteiger partial charge < -0.3 is 4.90 Å². The highest BCUT2D eigenvalue weighted by molar-refractivity contribution is 9.10. The second kappa shape index (κ2) is 5.98. The Labute approximate surface area is 146 Å². The Morgan fingerprint density at radius 2 is 2.04 bits per heavy atom. The minimum atomic E-state index is -0.271. The summed E-state index contributed by atoms with van der Waals surface area (Å²) in [6.07, 6.45) is 6.76. The summed E-state index contributed by atoms with van der Waals surface area (Å²) >= 11 is 3.34. The lowest BCUT2D eigenvalue weighted by Crippen LogP contribution is -2.30. The Morgan fingerprint density at radius 3 is 2.83 bits per heavy atom. The van der Waals surface area contributed by atoms with Crippen LogP contribution in [-0.4, -0.2) is 31.9 Å². The third-order valence-electron chi connectivity index (χ3n) is 4.32. The first-order valence-corrected chi connectivity index (χ1v) is 8.48. The summed E-state index contributed by atoms with van der Waals surface area (Å²) in [4.78, 5) is 19.1. The van der Waals surface area contributed by atoms with Crippen LogP contribution in [0.4, 0.5) is 4.39 Å². The molecule has 1 fully saturated rings. The number of fused-ring (bicyclic) bond motifs is 1. The average molecular weight is 389 g/mol. The number of likely N-dealkylation sites (tertiary alicyclic amines) is 1. The van der Waals surface area contributed by atoms with E-state index < -0.39 is 0 Å². The third-order valence-corrected chi connectivity index (χ3v) is 4.73. The summed E-state index contributed by atoms with van der Waals surface area (Å²) in [6, 6.07) is 6.33. The van der Waals surface area contributed by atoms with Crippen molar-refractivity contribution in [1.29, 1.82) is 0 Å². The number of carbonyl (C=O) groups is 1. The van der Waals surface area contributed by atoms with Gasteiger partial charge in [0.25, 0.3) is 5.91 Å². The first-order valence-electron chi connectivity index (χ1n) is 7.69. The van der Waals surface area contributed by atoms with Crippen LogP contribution in [0.5, 0.6) is 0 Å². The van der Waals surface area contributed by atoms with Gasteiger partial charge in [0, 0.05) is 18.9 Å². The molecule has 5 nitrogen and oxygen atoms in total. The summed E-state index contributed by atoms with van der Waals surface area (Å²) in [5, 5.41) is 4.21. The highest BCUT2D eigenvalue weighted by Crippen LogP contribution is 2.33. The number of halogens is 2. The third kappa shape index (κ3) is 2.58. The van der Waals surface area contributed by atoms with E-state index in [0.717, 1.165) is 22.9 Å². The van der Waals surface area contributed by atoms with E-state index in [1.54, 1.807) is 35.2 Å². The fourth-order valence-corrected chi connectivity index (χ4v) is 3.50. The van der Waals surface area contributed by atoms with Crippen molar-refractivity contribution in [2.75, 3.05) is 6.54 Å². The van der Waals surface area contributed by atoms with Gasteiger partial charge in [0.05, 0.1) is 16.7 Å². The maximum absolute atomic E-state index is 13.2. The summed E-state index contributed by atoms with van der Waals surface area (Å²) in [6.45, 7) is 0.675. The van der Waals surface area contributed by atoms with E-state index in [9.17, 15) is 9.18 Å². The predicted octanol–water partition coefficient (Wildman–Crippen LogP) is 3.61. The molecule has 1 aliphatic rings. The van der Waals surface area contributed by atoms with Crippen LogP contribution in [0.1, 0.15) is 34.8 Å². The Hall–Kier alpha value is -2.28. The quantitative estimate of drug-likeness (QED) is 0.673. The summed E-state index contributed by atoms with van der Waals surface area (Å²) in [5.74, 6) is -0.362. The molecule has 0 N–H and O–H groups in total. The Morgan fingerprint density at radius 1 is 1.25 bits per heavy atom. The molecule has 122 valence electrons. The standard InChI is InChI=1S/C17H14BrFN4O/c18-12-8-20-16-14(9-21-23(16)10-12)17(24)22-7-1-2-15(22)11-3-5-13(19)6-4-11/h3-6,8-10,15H,1-2,7H2/t15-/m1/s1. The predicted molar refractivity (Wildman–Crippen MR) is 90.1 cm³/mol. The molecule has 7 heteroatoms. The SMILES string of the molecule is O=C(c1cnn2cc(Br)cnc12)N1CCC[C@@H]1c1ccc(F)cc1. The van der Waals surface area contributed by atoms with Gasteiger partial charge in [-0.1, -0.05) is 12.1 Å². The van der Waals surface area contributed by atoms with Crippen LogP contribution in [0.3, 0.4) is 0 Å². The summed E-state index contributed by atoms with van der Waals surface area (Å²) < 4.78 is 15.5. The van der Waals surface area contributed by atoms with Crippen molar-refractivity contribution in [2.24, 2.45) is 0 Å². The lowest BCUT2D eigenvalue weighted by atomic mass is 10.0. The molecule has 0 spiro atoms. The number of rotatable bonds is 2. The fourth-order valence-electron chi connectivity index (χ4n) is 3.20. The van der Waals surface area contributed by atoms with Crippen LogP contribution < -0.4 is 0 Å². The van der Waals surface area contributed by atoms with E-state index in [2.05, 4.69) is 26.0 Å². The minimum Gasteiger partial charge on any atom is -0.331 e. The number of aromatic nitrogens is 3. The monoisotopic (exact) mass is 388 g/mol. The normalized spacial score (nSPS) is 17.6. The van der Waals surface area contributed by atoms with Crippen molar-refractivity contribution in [1.82, 2.24) is 19.5 Å². The molecule has 1 aromatic carbocycles. The molecule has 3 aromatic rings. The van der Waals surface area contributed by atoms with Gasteiger partial charge in [-0.2, -0.15) is 5.10 Å². The van der Waals surface area contributed by atoms with E-state index in [0.29, 0.717) is 17.8 Å². The average Bonchev–Trinajstić information content (AvgIpc) is 3.21. The van der Waals surface area contributed by atoms with Gasteiger partial charge in [0.1, 0.15) is 11.4 Å². The molecule has 0 aliphatic carbocycles. The molecule has 4 rings (SSSR count). The first kappa shape index (κ1) is 15.3. The maximum atomic E-state index is 13.2. The molecule has 1 amide bonds. The molecular formula is C17H14BrFN4O. The highest BCUT2D eigenvalue weighted by atomic mass is 79.9. The van der Waals surface area contributed by atoms with Gasteiger partial charge in [-0.15, -0.1) is 0 Å². The van der Waals surface area contributed by atoms with Crippen molar-refractivity contribution >= 4 is 27.5 Å². The van der Waals surface area contributed by atoms with Crippen molar-refractivity contribution < 1.29 is 9.18 Å². The van der Waals surface area contributed by atoms with Crippen LogP contribution >= 0.6 is 15.9 Å². The number of amides is 1. The summed E-state index contributed by atoms with van der Waals surface area (Å²) in [5.41, 5.74) is 1.97. The van der Waals surface area contributed by atoms with Crippen LogP contribution in [0, 0.1) is 5.82 Å². The van der Waals surface area contributed by atoms with Crippen LogP contribution in [-0.2, 0) is 0 Å². The molecule has 24 heavy (non-hydrogen) atoms. The Bertz CT molecular complexity index is 909. The van der Waals surface area contributed by atoms with Crippen molar-refractivity contribution in [3.63, 3.8) is 0 Å². The molecule has 0 unspecified atom stereocenters. The van der Waals surface area contributed by atoms with Gasteiger partial charge in [0.15, 0.2) is 5.65 Å². The zero-order valence-corrected chi connectivity index (χ0v) is 14.3. The van der Waals surface area contributed by atoms with Gasteiger partial charge in [-0.05, 0) is 46.5 Å². The first-order chi connectivity index (χ1) is 11.6. The maximum Gasteiger partial charge on any atom is 0.259 e. The molecule has 0 radical (unpaired) electrons. The molecular weight excluding hydrogens is 375 g/mol. The molecule has 0 bridgehead atoms. The number of hydrogen-bond donors (Lipinski definition) is 0. The number of benzene rings is 1. The molecule has 1 atom stereocenters. The second-order valence-electron chi connectivity index (χ2n) is 5.81. The van der Waals surface area contributed by atoms with Gasteiger partial charge >= 0.3 is 0 Å². The zero-order chi connectivity index (χ0) is 16.7. The number of hydrogen-bond acceptors (Lipinski definition) is 3. The highest BCUT2D eigenvalue weighted by Gasteiger charge is 2.32. The smallest absolute Gasteiger partial charge is 0.259 e. The second-order valence-corrected chi connectivity index (χ2v) is 6.72. The van der Waals surface area contributed by atoms with Crippen molar-refractivity contribution in [3.05, 3.63) is 64.3 Å². The number of nitrogens with zero attached hydrogens (tertiary/aromatic N) is 4. The number of carbonyl (C=O) groups excluding carboxylic acids is 1. The minimum absolute atomic E-state index is 0.0384. The topological polar surface area (TPSA) is 50.5 Å². The van der Waals surface area contributed by atoms with Gasteiger partial charge in [0.2, 0.25) is 0 Å². The van der Waals surface area contributed by atoms with E-state index >= 15 is 0 Å². The van der Waals surface area contributed by atoms with E-state index in [4.69, 9.17) is 0 Å². The summed E-state index contributed by atoms with van der Waals surface area (Å²) in [7, 11) is 0. The molecule has 1 saturated heterocycles. The van der Waals surface area contributed by atoms with E-state index in [1.165, 1.54) is 12.1 Å². The fraction of sp³-hybridized carbons (Fsp3) is 0.235. The van der Waals surface area contributed by atoms with Crippen LogP contribution in [0.15, 0.2) is 47.3 Å². The lowest BCUT2D eigenvalue weighted by molar-refractivity contribution is 0.0737. The zero-order valence-electron chi connectivity index (χ0n) is 12.7. The lowest BCUT2D eigenvalue weighted by Gasteiger charge is -2.24. The molecule has 2 aromatic heterocycles. The Kier molecular flexibility index (Phi) is 3.80. The van der Waals surface area contributed by atoms with Crippen molar-refractivity contribution in [2.45, 2.75) is 18.9 Å². The van der Waals surface area contributed by atoms with Crippen LogP contribution in [0.25, 0.3) is 5.65 Å². The molecule has 3 heterocycles. The van der Waals surface area contributed by atoms with Gasteiger partial charge in [-0.3, -0.25) is 4.79 Å². The van der Waals surface area contributed by atoms with E-state index in [1.807, 2.05) is 4.90 Å². The van der Waals surface area contributed by atoms with E-state index in [-0.39, 0.29) is 17.8 Å². The molecule has 1 aliphatic heterocycles.